The molecule has 3 saturated carbocycles. The summed E-state index contributed by atoms with van der Waals surface area (Å²) in [4.78, 5) is 15.4. The number of hydrogen-bond acceptors (Lipinski definition) is 3. The van der Waals surface area contributed by atoms with E-state index >= 15 is 0 Å². The molecule has 3 aliphatic carbocycles. The molecule has 3 fully saturated rings. The van der Waals surface area contributed by atoms with Crippen LogP contribution in [0.4, 0.5) is 4.39 Å². The molecule has 35 heavy (non-hydrogen) atoms. The smallest absolute Gasteiger partial charge is 0.306 e. The molecule has 3 nitrogen and oxygen atoms in total. The lowest BCUT2D eigenvalue weighted by Crippen LogP contribution is -2.49. The fourth-order valence-corrected chi connectivity index (χ4v) is 7.49. The molecule has 0 bridgehead atoms. The number of hydrogen-bond donors (Lipinski definition) is 0. The fraction of sp³-hybridized carbons (Fsp3) is 0.767. The van der Waals surface area contributed by atoms with Crippen LogP contribution in [-0.4, -0.2) is 36.6 Å². The number of nitrogens with zero attached hydrogens (tertiary/aromatic N) is 1. The highest BCUT2D eigenvalue weighted by atomic mass is 35.5. The molecular weight excluding hydrogens is 461 g/mol. The monoisotopic (exact) mass is 505 g/mol. The van der Waals surface area contributed by atoms with Gasteiger partial charge >= 0.3 is 5.97 Å². The molecule has 0 amide bonds. The summed E-state index contributed by atoms with van der Waals surface area (Å²) in [5.41, 5.74) is 1.09. The Bertz CT molecular complexity index is 786. The van der Waals surface area contributed by atoms with Crippen molar-refractivity contribution in [3.63, 3.8) is 0 Å². The highest BCUT2D eigenvalue weighted by Crippen LogP contribution is 2.44. The maximum absolute atomic E-state index is 14.1. The van der Waals surface area contributed by atoms with E-state index in [4.69, 9.17) is 16.3 Å². The normalized spacial score (nSPS) is 26.7. The molecule has 0 aromatic heterocycles. The Balaban J connectivity index is 1.63. The van der Waals surface area contributed by atoms with E-state index in [1.54, 1.807) is 0 Å². The van der Waals surface area contributed by atoms with Gasteiger partial charge in [0.1, 0.15) is 5.82 Å². The van der Waals surface area contributed by atoms with E-state index in [2.05, 4.69) is 4.90 Å². The Hall–Kier alpha value is -1.13. The lowest BCUT2D eigenvalue weighted by molar-refractivity contribution is -0.145. The van der Waals surface area contributed by atoms with Crippen LogP contribution in [0.3, 0.4) is 0 Å². The van der Waals surface area contributed by atoms with Gasteiger partial charge in [0.2, 0.25) is 0 Å². The second-order valence-electron chi connectivity index (χ2n) is 11.4. The first-order valence-electron chi connectivity index (χ1n) is 14.4. The minimum atomic E-state index is -0.369. The summed E-state index contributed by atoms with van der Waals surface area (Å²) in [6, 6.07) is 5.63. The van der Waals surface area contributed by atoms with E-state index in [-0.39, 0.29) is 28.6 Å². The number of rotatable bonds is 9. The van der Waals surface area contributed by atoms with Crippen LogP contribution in [0.1, 0.15) is 108 Å². The second kappa shape index (κ2) is 13.4. The van der Waals surface area contributed by atoms with Crippen molar-refractivity contribution in [1.29, 1.82) is 0 Å². The molecule has 196 valence electrons. The van der Waals surface area contributed by atoms with Gasteiger partial charge in [-0.15, -0.1) is 0 Å². The van der Waals surface area contributed by atoms with Crippen LogP contribution < -0.4 is 0 Å². The molecule has 0 spiro atoms. The highest BCUT2D eigenvalue weighted by Gasteiger charge is 2.40. The van der Waals surface area contributed by atoms with Gasteiger partial charge in [-0.3, -0.25) is 9.69 Å². The summed E-state index contributed by atoms with van der Waals surface area (Å²) < 4.78 is 19.5. The Morgan fingerprint density at radius 1 is 0.943 bits per heavy atom. The predicted molar refractivity (Wildman–Crippen MR) is 141 cm³/mol. The molecule has 3 unspecified atom stereocenters. The Kier molecular flexibility index (Phi) is 10.3. The zero-order chi connectivity index (χ0) is 24.6. The topological polar surface area (TPSA) is 29.5 Å². The summed E-state index contributed by atoms with van der Waals surface area (Å²) in [5, 5.41) is 0.188. The van der Waals surface area contributed by atoms with Gasteiger partial charge in [-0.05, 0) is 80.9 Å². The molecule has 0 saturated heterocycles. The summed E-state index contributed by atoms with van der Waals surface area (Å²) >= 11 is 6.29. The Morgan fingerprint density at radius 3 is 2.14 bits per heavy atom. The molecule has 1 aromatic carbocycles. The lowest BCUT2D eigenvalue weighted by Gasteiger charge is -2.47. The summed E-state index contributed by atoms with van der Waals surface area (Å²) in [6.07, 6.45) is 17.3. The predicted octanol–water partition coefficient (Wildman–Crippen LogP) is 8.15. The van der Waals surface area contributed by atoms with Gasteiger partial charge in [-0.2, -0.15) is 0 Å². The van der Waals surface area contributed by atoms with E-state index < -0.39 is 0 Å². The van der Waals surface area contributed by atoms with E-state index in [0.29, 0.717) is 19.1 Å². The molecule has 1 aromatic rings. The Morgan fingerprint density at radius 2 is 1.57 bits per heavy atom. The molecule has 0 heterocycles. The van der Waals surface area contributed by atoms with Gasteiger partial charge in [0.05, 0.1) is 11.6 Å². The molecular formula is C30H45ClFNO2. The zero-order valence-electron chi connectivity index (χ0n) is 21.7. The molecule has 0 N–H and O–H groups in total. The third-order valence-corrected chi connectivity index (χ3v) is 9.25. The van der Waals surface area contributed by atoms with Crippen molar-refractivity contribution in [2.75, 3.05) is 19.7 Å². The molecule has 3 atom stereocenters. The van der Waals surface area contributed by atoms with Crippen LogP contribution in [0.5, 0.6) is 0 Å². The zero-order valence-corrected chi connectivity index (χ0v) is 22.4. The first-order valence-corrected chi connectivity index (χ1v) is 14.8. The first kappa shape index (κ1) is 26.9. The first-order chi connectivity index (χ1) is 17.0. The van der Waals surface area contributed by atoms with Crippen LogP contribution in [0.25, 0.3) is 0 Å². The van der Waals surface area contributed by atoms with Crippen molar-refractivity contribution in [2.24, 2.45) is 17.8 Å². The van der Waals surface area contributed by atoms with Crippen molar-refractivity contribution in [3.05, 3.63) is 34.6 Å². The minimum Gasteiger partial charge on any atom is -0.466 e. The summed E-state index contributed by atoms with van der Waals surface area (Å²) in [7, 11) is 0. The number of carbonyl (C=O) groups excluding carboxylic acids is 1. The van der Waals surface area contributed by atoms with E-state index in [1.165, 1.54) is 83.4 Å². The van der Waals surface area contributed by atoms with Gasteiger partial charge in [0.15, 0.2) is 0 Å². The third kappa shape index (κ3) is 7.44. The molecule has 0 radical (unpaired) electrons. The number of benzene rings is 1. The van der Waals surface area contributed by atoms with E-state index in [9.17, 15) is 9.18 Å². The fourth-order valence-electron chi connectivity index (χ4n) is 7.30. The van der Waals surface area contributed by atoms with Crippen LogP contribution in [0, 0.1) is 23.6 Å². The van der Waals surface area contributed by atoms with Crippen LogP contribution in [0.15, 0.2) is 18.2 Å². The minimum absolute atomic E-state index is 0.109. The average molecular weight is 506 g/mol. The van der Waals surface area contributed by atoms with Crippen molar-refractivity contribution in [2.45, 2.75) is 109 Å². The Labute approximate surface area is 217 Å². The third-order valence-electron chi connectivity index (χ3n) is 8.96. The SMILES string of the molecule is CCOC(=O)CC1CCCC(N(CC2CCCCC2)CC2CCCCC2)C1c1ccc(F)c(Cl)c1. The van der Waals surface area contributed by atoms with Gasteiger partial charge in [0, 0.05) is 31.5 Å². The van der Waals surface area contributed by atoms with E-state index in [0.717, 1.165) is 36.7 Å². The molecule has 5 heteroatoms. The van der Waals surface area contributed by atoms with Gasteiger partial charge < -0.3 is 4.74 Å². The van der Waals surface area contributed by atoms with Crippen molar-refractivity contribution in [3.8, 4) is 0 Å². The highest BCUT2D eigenvalue weighted by molar-refractivity contribution is 6.30. The second-order valence-corrected chi connectivity index (χ2v) is 11.8. The van der Waals surface area contributed by atoms with Crippen LogP contribution >= 0.6 is 11.6 Å². The van der Waals surface area contributed by atoms with E-state index in [1.807, 2.05) is 19.1 Å². The van der Waals surface area contributed by atoms with Crippen molar-refractivity contribution >= 4 is 17.6 Å². The van der Waals surface area contributed by atoms with Gasteiger partial charge in [-0.25, -0.2) is 4.39 Å². The molecule has 3 aliphatic rings. The largest absolute Gasteiger partial charge is 0.466 e. The van der Waals surface area contributed by atoms with Crippen LogP contribution in [-0.2, 0) is 9.53 Å². The number of ether oxygens (including phenoxy) is 1. The lowest BCUT2D eigenvalue weighted by atomic mass is 9.70. The maximum Gasteiger partial charge on any atom is 0.306 e. The molecule has 4 rings (SSSR count). The summed E-state index contributed by atoms with van der Waals surface area (Å²) in [5.74, 6) is 1.45. The summed E-state index contributed by atoms with van der Waals surface area (Å²) in [6.45, 7) is 4.61. The number of esters is 1. The standard InChI is InChI=1S/C30H45ClFNO2/c1-2-35-29(34)19-24-14-9-15-28(30(24)25-16-17-27(32)26(31)18-25)33(20-22-10-5-3-6-11-22)21-23-12-7-4-8-13-23/h16-18,22-24,28,30H,2-15,19-21H2,1H3. The van der Waals surface area contributed by atoms with Gasteiger partial charge in [-0.1, -0.05) is 62.6 Å². The average Bonchev–Trinajstić information content (AvgIpc) is 2.87. The maximum atomic E-state index is 14.1. The van der Waals surface area contributed by atoms with Crippen LogP contribution in [0.2, 0.25) is 5.02 Å². The van der Waals surface area contributed by atoms with Crippen molar-refractivity contribution in [1.82, 2.24) is 4.90 Å². The number of halogens is 2. The number of carbonyl (C=O) groups is 1. The van der Waals surface area contributed by atoms with Crippen molar-refractivity contribution < 1.29 is 13.9 Å². The molecule has 0 aliphatic heterocycles. The van der Waals surface area contributed by atoms with Gasteiger partial charge in [0.25, 0.3) is 0 Å². The quantitative estimate of drug-likeness (QED) is 0.317.